The molecule has 0 aromatic heterocycles. The van der Waals surface area contributed by atoms with Crippen molar-refractivity contribution in [2.24, 2.45) is 10.8 Å². The van der Waals surface area contributed by atoms with Crippen molar-refractivity contribution in [2.45, 2.75) is 12.5 Å². The van der Waals surface area contributed by atoms with Gasteiger partial charge in [0.1, 0.15) is 0 Å². The number of hydrogen-bond donors (Lipinski definition) is 2. The van der Waals surface area contributed by atoms with E-state index in [2.05, 4.69) is 10.5 Å². The van der Waals surface area contributed by atoms with Gasteiger partial charge in [-0.25, -0.2) is 0 Å². The van der Waals surface area contributed by atoms with Crippen LogP contribution in [0.1, 0.15) is 18.0 Å². The first-order valence-electron chi connectivity index (χ1n) is 4.66. The number of benzene rings is 1. The Kier molecular flexibility index (Phi) is 3.14. The first-order chi connectivity index (χ1) is 7.20. The molecule has 1 aliphatic rings. The van der Waals surface area contributed by atoms with E-state index in [9.17, 15) is 0 Å². The number of nitrogens with one attached hydrogen (secondary N) is 1. The van der Waals surface area contributed by atoms with Crippen molar-refractivity contribution in [2.75, 3.05) is 6.54 Å². The minimum Gasteiger partial charge on any atom is -0.325 e. The summed E-state index contributed by atoms with van der Waals surface area (Å²) in [6, 6.07) is 5.76. The van der Waals surface area contributed by atoms with E-state index in [4.69, 9.17) is 28.9 Å². The smallest absolute Gasteiger partial charge is 0.0743 e. The molecule has 15 heavy (non-hydrogen) atoms. The van der Waals surface area contributed by atoms with Crippen molar-refractivity contribution in [1.82, 2.24) is 5.43 Å². The molecule has 0 amide bonds. The third-order valence-electron chi connectivity index (χ3n) is 2.40. The average molecular weight is 244 g/mol. The molecule has 0 spiro atoms. The number of hydrogen-bond acceptors (Lipinski definition) is 3. The molecule has 2 rings (SSSR count). The maximum Gasteiger partial charge on any atom is 0.0743 e. The van der Waals surface area contributed by atoms with Crippen LogP contribution in [0.15, 0.2) is 23.3 Å². The van der Waals surface area contributed by atoms with Crippen LogP contribution in [0.5, 0.6) is 0 Å². The van der Waals surface area contributed by atoms with Crippen molar-refractivity contribution in [1.29, 1.82) is 0 Å². The Morgan fingerprint density at radius 3 is 2.80 bits per heavy atom. The Bertz CT molecular complexity index is 404. The van der Waals surface area contributed by atoms with Crippen LogP contribution in [0.4, 0.5) is 0 Å². The zero-order valence-electron chi connectivity index (χ0n) is 8.00. The van der Waals surface area contributed by atoms with Crippen LogP contribution >= 0.6 is 23.2 Å². The van der Waals surface area contributed by atoms with Crippen LogP contribution in [0.25, 0.3) is 0 Å². The lowest BCUT2D eigenvalue weighted by atomic mass is 10.0. The van der Waals surface area contributed by atoms with Crippen molar-refractivity contribution in [3.63, 3.8) is 0 Å². The SMILES string of the molecule is NCC1=NNC(c2ccc(Cl)c(Cl)c2)C1. The fraction of sp³-hybridized carbons (Fsp3) is 0.300. The standard InChI is InChI=1S/C10H11Cl2N3/c11-8-2-1-6(3-9(8)12)10-4-7(5-13)14-15-10/h1-3,10,15H,4-5,13H2. The zero-order chi connectivity index (χ0) is 10.8. The van der Waals surface area contributed by atoms with Crippen LogP contribution in [0, 0.1) is 0 Å². The molecule has 0 bridgehead atoms. The monoisotopic (exact) mass is 243 g/mol. The number of halogens is 2. The summed E-state index contributed by atoms with van der Waals surface area (Å²) >= 11 is 11.8. The largest absolute Gasteiger partial charge is 0.325 e. The van der Waals surface area contributed by atoms with Crippen LogP contribution < -0.4 is 11.2 Å². The Hall–Kier alpha value is -0.770. The van der Waals surface area contributed by atoms with Gasteiger partial charge in [0.2, 0.25) is 0 Å². The Morgan fingerprint density at radius 2 is 2.20 bits per heavy atom. The molecular formula is C10H11Cl2N3. The van der Waals surface area contributed by atoms with Gasteiger partial charge in [0, 0.05) is 13.0 Å². The lowest BCUT2D eigenvalue weighted by molar-refractivity contribution is 0.620. The minimum atomic E-state index is 0.165. The summed E-state index contributed by atoms with van der Waals surface area (Å²) in [5.41, 5.74) is 10.6. The molecular weight excluding hydrogens is 233 g/mol. The van der Waals surface area contributed by atoms with Gasteiger partial charge >= 0.3 is 0 Å². The molecule has 0 saturated heterocycles. The third-order valence-corrected chi connectivity index (χ3v) is 3.14. The molecule has 3 N–H and O–H groups in total. The van der Waals surface area contributed by atoms with Crippen LogP contribution in [0.2, 0.25) is 10.0 Å². The molecule has 0 radical (unpaired) electrons. The summed E-state index contributed by atoms with van der Waals surface area (Å²) in [6.45, 7) is 0.491. The van der Waals surface area contributed by atoms with Crippen LogP contribution in [-0.2, 0) is 0 Å². The Balaban J connectivity index is 2.15. The molecule has 1 unspecified atom stereocenters. The molecule has 5 heteroatoms. The zero-order valence-corrected chi connectivity index (χ0v) is 9.52. The van der Waals surface area contributed by atoms with Crippen molar-refractivity contribution < 1.29 is 0 Å². The van der Waals surface area contributed by atoms with E-state index in [1.807, 2.05) is 12.1 Å². The number of hydrazone groups is 1. The van der Waals surface area contributed by atoms with Crippen molar-refractivity contribution in [3.8, 4) is 0 Å². The predicted molar refractivity (Wildman–Crippen MR) is 63.4 cm³/mol. The predicted octanol–water partition coefficient (Wildman–Crippen LogP) is 2.34. The lowest BCUT2D eigenvalue weighted by Gasteiger charge is -2.10. The molecule has 1 atom stereocenters. The second-order valence-electron chi connectivity index (χ2n) is 3.44. The van der Waals surface area contributed by atoms with Gasteiger partial charge < -0.3 is 11.2 Å². The van der Waals surface area contributed by atoms with Gasteiger partial charge in [0.15, 0.2) is 0 Å². The van der Waals surface area contributed by atoms with Gasteiger partial charge in [-0.3, -0.25) is 0 Å². The fourth-order valence-corrected chi connectivity index (χ4v) is 1.85. The molecule has 80 valence electrons. The van der Waals surface area contributed by atoms with E-state index in [0.29, 0.717) is 16.6 Å². The molecule has 1 aromatic carbocycles. The molecule has 1 aliphatic heterocycles. The molecule has 3 nitrogen and oxygen atoms in total. The molecule has 0 saturated carbocycles. The summed E-state index contributed by atoms with van der Waals surface area (Å²) in [7, 11) is 0. The molecule has 0 fully saturated rings. The first kappa shape index (κ1) is 10.7. The van der Waals surface area contributed by atoms with Gasteiger partial charge in [-0.05, 0) is 17.7 Å². The highest BCUT2D eigenvalue weighted by Gasteiger charge is 2.19. The molecule has 1 heterocycles. The topological polar surface area (TPSA) is 50.4 Å². The molecule has 0 aliphatic carbocycles. The second kappa shape index (κ2) is 4.39. The summed E-state index contributed by atoms with van der Waals surface area (Å²) in [6.07, 6.45) is 0.828. The summed E-state index contributed by atoms with van der Waals surface area (Å²) in [5.74, 6) is 0. The highest BCUT2D eigenvalue weighted by atomic mass is 35.5. The second-order valence-corrected chi connectivity index (χ2v) is 4.26. The number of nitrogens with two attached hydrogens (primary N) is 1. The number of nitrogens with zero attached hydrogens (tertiary/aromatic N) is 1. The van der Waals surface area contributed by atoms with E-state index in [0.717, 1.165) is 17.7 Å². The van der Waals surface area contributed by atoms with E-state index < -0.39 is 0 Å². The van der Waals surface area contributed by atoms with E-state index >= 15 is 0 Å². The minimum absolute atomic E-state index is 0.165. The van der Waals surface area contributed by atoms with Gasteiger partial charge in [0.25, 0.3) is 0 Å². The third kappa shape index (κ3) is 2.25. The highest BCUT2D eigenvalue weighted by Crippen LogP contribution is 2.28. The Labute approximate surface area is 98.2 Å². The lowest BCUT2D eigenvalue weighted by Crippen LogP contribution is -2.13. The Morgan fingerprint density at radius 1 is 1.40 bits per heavy atom. The van der Waals surface area contributed by atoms with Crippen molar-refractivity contribution >= 4 is 28.9 Å². The van der Waals surface area contributed by atoms with Gasteiger partial charge in [-0.15, -0.1) is 0 Å². The summed E-state index contributed by atoms with van der Waals surface area (Å²) in [4.78, 5) is 0. The number of rotatable bonds is 2. The average Bonchev–Trinajstić information content (AvgIpc) is 2.70. The maximum absolute atomic E-state index is 5.94. The fourth-order valence-electron chi connectivity index (χ4n) is 1.55. The normalized spacial score (nSPS) is 19.9. The van der Waals surface area contributed by atoms with Gasteiger partial charge in [-0.1, -0.05) is 29.3 Å². The van der Waals surface area contributed by atoms with Crippen molar-refractivity contribution in [3.05, 3.63) is 33.8 Å². The highest BCUT2D eigenvalue weighted by molar-refractivity contribution is 6.42. The maximum atomic E-state index is 5.94. The van der Waals surface area contributed by atoms with E-state index in [1.165, 1.54) is 0 Å². The van der Waals surface area contributed by atoms with E-state index in [-0.39, 0.29) is 6.04 Å². The summed E-state index contributed by atoms with van der Waals surface area (Å²) in [5, 5.41) is 5.26. The van der Waals surface area contributed by atoms with E-state index in [1.54, 1.807) is 6.07 Å². The molecule has 1 aromatic rings. The quantitative estimate of drug-likeness (QED) is 0.838. The van der Waals surface area contributed by atoms with Gasteiger partial charge in [-0.2, -0.15) is 5.10 Å². The van der Waals surface area contributed by atoms with Crippen LogP contribution in [0.3, 0.4) is 0 Å². The van der Waals surface area contributed by atoms with Gasteiger partial charge in [0.05, 0.1) is 21.8 Å². The first-order valence-corrected chi connectivity index (χ1v) is 5.42. The van der Waals surface area contributed by atoms with Crippen LogP contribution in [-0.4, -0.2) is 12.3 Å². The summed E-state index contributed by atoms with van der Waals surface area (Å²) < 4.78 is 0.